The zero-order valence-corrected chi connectivity index (χ0v) is 13.6. The van der Waals surface area contributed by atoms with E-state index in [9.17, 15) is 18.0 Å². The summed E-state index contributed by atoms with van der Waals surface area (Å²) in [5, 5.41) is 5.55. The molecule has 0 aromatic heterocycles. The lowest BCUT2D eigenvalue weighted by Gasteiger charge is -2.15. The first-order valence-corrected chi connectivity index (χ1v) is 7.77. The van der Waals surface area contributed by atoms with Crippen molar-refractivity contribution in [2.24, 2.45) is 0 Å². The highest BCUT2D eigenvalue weighted by atomic mass is 19.4. The van der Waals surface area contributed by atoms with E-state index in [1.54, 1.807) is 0 Å². The topological polar surface area (TPSA) is 50.4 Å². The predicted octanol–water partition coefficient (Wildman–Crippen LogP) is 4.19. The molecule has 2 rings (SSSR count). The Balaban J connectivity index is 1.74. The number of alkyl halides is 3. The molecule has 0 aliphatic heterocycles. The van der Waals surface area contributed by atoms with Gasteiger partial charge in [-0.1, -0.05) is 42.5 Å². The molecule has 0 saturated heterocycles. The minimum atomic E-state index is -4.70. The van der Waals surface area contributed by atoms with Crippen molar-refractivity contribution in [1.82, 2.24) is 10.6 Å². The third-order valence-corrected chi connectivity index (χ3v) is 3.50. The van der Waals surface area contributed by atoms with E-state index in [1.165, 1.54) is 24.3 Å². The zero-order valence-electron chi connectivity index (χ0n) is 13.6. The van der Waals surface area contributed by atoms with Gasteiger partial charge >= 0.3 is 12.4 Å². The average molecular weight is 352 g/mol. The van der Waals surface area contributed by atoms with Crippen molar-refractivity contribution in [2.75, 3.05) is 6.54 Å². The molecule has 134 valence electrons. The largest absolute Gasteiger partial charge is 0.573 e. The van der Waals surface area contributed by atoms with Crippen LogP contribution in [0.2, 0.25) is 0 Å². The molecule has 0 heterocycles. The standard InChI is InChI=1S/C18H19F3N2O2/c1-13(15-5-3-2-4-6-15)23-17(24)22-12-11-14-7-9-16(10-8-14)25-18(19,20)21/h2-10,13H,11-12H2,1H3,(H2,22,23,24). The molecule has 1 atom stereocenters. The van der Waals surface area contributed by atoms with Gasteiger partial charge in [-0.25, -0.2) is 4.79 Å². The van der Waals surface area contributed by atoms with Crippen molar-refractivity contribution in [2.45, 2.75) is 25.7 Å². The summed E-state index contributed by atoms with van der Waals surface area (Å²) >= 11 is 0. The lowest BCUT2D eigenvalue weighted by molar-refractivity contribution is -0.274. The van der Waals surface area contributed by atoms with Gasteiger partial charge in [0.25, 0.3) is 0 Å². The highest BCUT2D eigenvalue weighted by Crippen LogP contribution is 2.22. The highest BCUT2D eigenvalue weighted by Gasteiger charge is 2.30. The molecule has 2 aromatic rings. The second kappa shape index (κ2) is 8.41. The van der Waals surface area contributed by atoms with Crippen LogP contribution in [0.4, 0.5) is 18.0 Å². The van der Waals surface area contributed by atoms with Crippen molar-refractivity contribution < 1.29 is 22.7 Å². The van der Waals surface area contributed by atoms with Crippen LogP contribution in [-0.4, -0.2) is 18.9 Å². The van der Waals surface area contributed by atoms with Crippen LogP contribution in [0.3, 0.4) is 0 Å². The van der Waals surface area contributed by atoms with Crippen molar-refractivity contribution in [3.63, 3.8) is 0 Å². The van der Waals surface area contributed by atoms with Crippen LogP contribution in [-0.2, 0) is 6.42 Å². The summed E-state index contributed by atoms with van der Waals surface area (Å²) in [4.78, 5) is 11.9. The summed E-state index contributed by atoms with van der Waals surface area (Å²) in [7, 11) is 0. The molecular weight excluding hydrogens is 333 g/mol. The summed E-state index contributed by atoms with van der Waals surface area (Å²) in [6.45, 7) is 2.25. The molecular formula is C18H19F3N2O2. The van der Waals surface area contributed by atoms with E-state index in [0.29, 0.717) is 13.0 Å². The van der Waals surface area contributed by atoms with E-state index < -0.39 is 6.36 Å². The first-order chi connectivity index (χ1) is 11.8. The number of ether oxygens (including phenoxy) is 1. The first kappa shape index (κ1) is 18.6. The number of benzene rings is 2. The smallest absolute Gasteiger partial charge is 0.406 e. The minimum absolute atomic E-state index is 0.125. The average Bonchev–Trinajstić information content (AvgIpc) is 2.56. The predicted molar refractivity (Wildman–Crippen MR) is 88.2 cm³/mol. The van der Waals surface area contributed by atoms with E-state index in [1.807, 2.05) is 37.3 Å². The Morgan fingerprint density at radius 1 is 1.08 bits per heavy atom. The lowest BCUT2D eigenvalue weighted by Crippen LogP contribution is -2.38. The fraction of sp³-hybridized carbons (Fsp3) is 0.278. The Kier molecular flexibility index (Phi) is 6.27. The second-order valence-corrected chi connectivity index (χ2v) is 5.47. The Bertz CT molecular complexity index is 673. The monoisotopic (exact) mass is 352 g/mol. The molecule has 1 unspecified atom stereocenters. The minimum Gasteiger partial charge on any atom is -0.406 e. The Labute approximate surface area is 144 Å². The van der Waals surface area contributed by atoms with Crippen LogP contribution in [0.5, 0.6) is 5.75 Å². The molecule has 2 aromatic carbocycles. The van der Waals surface area contributed by atoms with Crippen LogP contribution in [0.15, 0.2) is 54.6 Å². The van der Waals surface area contributed by atoms with Gasteiger partial charge in [-0.05, 0) is 36.6 Å². The molecule has 4 nitrogen and oxygen atoms in total. The van der Waals surface area contributed by atoms with Crippen molar-refractivity contribution in [3.05, 3.63) is 65.7 Å². The number of hydrogen-bond donors (Lipinski definition) is 2. The summed E-state index contributed by atoms with van der Waals surface area (Å²) in [5.41, 5.74) is 1.80. The molecule has 0 saturated carbocycles. The third-order valence-electron chi connectivity index (χ3n) is 3.50. The first-order valence-electron chi connectivity index (χ1n) is 7.77. The van der Waals surface area contributed by atoms with E-state index in [0.717, 1.165) is 11.1 Å². The number of nitrogens with one attached hydrogen (secondary N) is 2. The molecule has 0 aliphatic carbocycles. The zero-order chi connectivity index (χ0) is 18.3. The van der Waals surface area contributed by atoms with Gasteiger partial charge in [-0.2, -0.15) is 0 Å². The third kappa shape index (κ3) is 6.74. The van der Waals surface area contributed by atoms with Crippen LogP contribution in [0.25, 0.3) is 0 Å². The fourth-order valence-corrected chi connectivity index (χ4v) is 2.25. The van der Waals surface area contributed by atoms with E-state index in [-0.39, 0.29) is 17.8 Å². The maximum atomic E-state index is 12.1. The molecule has 0 radical (unpaired) electrons. The van der Waals surface area contributed by atoms with Gasteiger partial charge < -0.3 is 15.4 Å². The van der Waals surface area contributed by atoms with Crippen LogP contribution in [0, 0.1) is 0 Å². The van der Waals surface area contributed by atoms with Gasteiger partial charge in [0.05, 0.1) is 6.04 Å². The van der Waals surface area contributed by atoms with Gasteiger partial charge in [-0.3, -0.25) is 0 Å². The molecule has 0 bridgehead atoms. The number of carbonyl (C=O) groups is 1. The Morgan fingerprint density at radius 3 is 2.32 bits per heavy atom. The number of urea groups is 1. The Morgan fingerprint density at radius 2 is 1.72 bits per heavy atom. The quantitative estimate of drug-likeness (QED) is 0.819. The van der Waals surface area contributed by atoms with Gasteiger partial charge in [0.15, 0.2) is 0 Å². The maximum absolute atomic E-state index is 12.1. The second-order valence-electron chi connectivity index (χ2n) is 5.47. The number of carbonyl (C=O) groups excluding carboxylic acids is 1. The highest BCUT2D eigenvalue weighted by molar-refractivity contribution is 5.74. The SMILES string of the molecule is CC(NC(=O)NCCc1ccc(OC(F)(F)F)cc1)c1ccccc1. The van der Waals surface area contributed by atoms with Gasteiger partial charge in [0, 0.05) is 6.54 Å². The number of halogens is 3. The van der Waals surface area contributed by atoms with Crippen molar-refractivity contribution in [3.8, 4) is 5.75 Å². The molecule has 25 heavy (non-hydrogen) atoms. The van der Waals surface area contributed by atoms with Crippen LogP contribution >= 0.6 is 0 Å². The van der Waals surface area contributed by atoms with E-state index in [4.69, 9.17) is 0 Å². The van der Waals surface area contributed by atoms with E-state index >= 15 is 0 Å². The molecule has 7 heteroatoms. The van der Waals surface area contributed by atoms with Gasteiger partial charge in [0.1, 0.15) is 5.75 Å². The van der Waals surface area contributed by atoms with Crippen LogP contribution in [0.1, 0.15) is 24.1 Å². The molecule has 2 N–H and O–H groups in total. The van der Waals surface area contributed by atoms with E-state index in [2.05, 4.69) is 15.4 Å². The normalized spacial score (nSPS) is 12.3. The van der Waals surface area contributed by atoms with Crippen molar-refractivity contribution in [1.29, 1.82) is 0 Å². The summed E-state index contributed by atoms with van der Waals surface area (Å²) in [6, 6.07) is 14.7. The number of rotatable bonds is 6. The summed E-state index contributed by atoms with van der Waals surface area (Å²) < 4.78 is 40.1. The molecule has 0 spiro atoms. The fourth-order valence-electron chi connectivity index (χ4n) is 2.25. The van der Waals surface area contributed by atoms with Gasteiger partial charge in [-0.15, -0.1) is 13.2 Å². The number of hydrogen-bond acceptors (Lipinski definition) is 2. The molecule has 0 fully saturated rings. The summed E-state index contributed by atoms with van der Waals surface area (Å²) in [5.74, 6) is -0.265. The lowest BCUT2D eigenvalue weighted by atomic mass is 10.1. The summed E-state index contributed by atoms with van der Waals surface area (Å²) in [6.07, 6.45) is -4.20. The molecule has 2 amide bonds. The van der Waals surface area contributed by atoms with Crippen LogP contribution < -0.4 is 15.4 Å². The Hall–Kier alpha value is -2.70. The number of amides is 2. The van der Waals surface area contributed by atoms with Crippen molar-refractivity contribution >= 4 is 6.03 Å². The molecule has 0 aliphatic rings. The van der Waals surface area contributed by atoms with Gasteiger partial charge in [0.2, 0.25) is 0 Å². The maximum Gasteiger partial charge on any atom is 0.573 e.